The highest BCUT2D eigenvalue weighted by atomic mass is 16.6. The van der Waals surface area contributed by atoms with Gasteiger partial charge in [-0.1, -0.05) is 5.92 Å². The standard InChI is InChI=1S/C10H14O3/c1-3-7-12-9-5-4-6-10(9)13-8(2)11/h1,9-10H,4-7H2,2H3/t9-,10-/m0/s1. The fourth-order valence-corrected chi connectivity index (χ4v) is 1.59. The highest BCUT2D eigenvalue weighted by Crippen LogP contribution is 2.24. The predicted octanol–water partition coefficient (Wildman–Crippen LogP) is 1.12. The normalized spacial score (nSPS) is 26.8. The van der Waals surface area contributed by atoms with Crippen molar-refractivity contribution < 1.29 is 14.3 Å². The van der Waals surface area contributed by atoms with Gasteiger partial charge in [-0.15, -0.1) is 6.42 Å². The highest BCUT2D eigenvalue weighted by Gasteiger charge is 2.30. The van der Waals surface area contributed by atoms with Crippen molar-refractivity contribution in [1.82, 2.24) is 0 Å². The second kappa shape index (κ2) is 4.88. The molecule has 1 rings (SSSR count). The maximum Gasteiger partial charge on any atom is 0.302 e. The van der Waals surface area contributed by atoms with Crippen molar-refractivity contribution in [3.8, 4) is 12.3 Å². The predicted molar refractivity (Wildman–Crippen MR) is 48.0 cm³/mol. The van der Waals surface area contributed by atoms with E-state index in [1.807, 2.05) is 0 Å². The summed E-state index contributed by atoms with van der Waals surface area (Å²) < 4.78 is 10.4. The first-order chi connectivity index (χ1) is 6.24. The van der Waals surface area contributed by atoms with E-state index < -0.39 is 0 Å². The molecule has 3 nitrogen and oxygen atoms in total. The van der Waals surface area contributed by atoms with Gasteiger partial charge in [0.15, 0.2) is 0 Å². The van der Waals surface area contributed by atoms with E-state index in [1.165, 1.54) is 6.92 Å². The minimum Gasteiger partial charge on any atom is -0.460 e. The number of terminal acetylenes is 1. The highest BCUT2D eigenvalue weighted by molar-refractivity contribution is 5.66. The lowest BCUT2D eigenvalue weighted by atomic mass is 10.2. The molecule has 1 aliphatic carbocycles. The number of esters is 1. The van der Waals surface area contributed by atoms with Crippen LogP contribution in [0.2, 0.25) is 0 Å². The van der Waals surface area contributed by atoms with E-state index in [9.17, 15) is 4.79 Å². The fraction of sp³-hybridized carbons (Fsp3) is 0.700. The van der Waals surface area contributed by atoms with Gasteiger partial charge in [0.25, 0.3) is 0 Å². The number of ether oxygens (including phenoxy) is 2. The summed E-state index contributed by atoms with van der Waals surface area (Å²) in [4.78, 5) is 10.7. The van der Waals surface area contributed by atoms with Gasteiger partial charge in [-0.25, -0.2) is 0 Å². The maximum absolute atomic E-state index is 10.7. The molecule has 2 atom stereocenters. The number of carbonyl (C=O) groups excluding carboxylic acids is 1. The van der Waals surface area contributed by atoms with E-state index in [1.54, 1.807) is 0 Å². The minimum atomic E-state index is -0.249. The Morgan fingerprint density at radius 3 is 2.85 bits per heavy atom. The third kappa shape index (κ3) is 3.08. The smallest absolute Gasteiger partial charge is 0.302 e. The van der Waals surface area contributed by atoms with Crippen LogP contribution in [0.25, 0.3) is 0 Å². The lowest BCUT2D eigenvalue weighted by Crippen LogP contribution is -2.27. The molecule has 0 saturated heterocycles. The van der Waals surface area contributed by atoms with Crippen molar-refractivity contribution in [2.24, 2.45) is 0 Å². The summed E-state index contributed by atoms with van der Waals surface area (Å²) in [6.07, 6.45) is 7.83. The summed E-state index contributed by atoms with van der Waals surface area (Å²) in [5.74, 6) is 2.16. The van der Waals surface area contributed by atoms with Crippen molar-refractivity contribution >= 4 is 5.97 Å². The van der Waals surface area contributed by atoms with Crippen molar-refractivity contribution in [3.63, 3.8) is 0 Å². The van der Waals surface area contributed by atoms with E-state index in [2.05, 4.69) is 5.92 Å². The lowest BCUT2D eigenvalue weighted by Gasteiger charge is -2.18. The Kier molecular flexibility index (Phi) is 3.78. The molecule has 0 unspecified atom stereocenters. The molecule has 0 aliphatic heterocycles. The topological polar surface area (TPSA) is 35.5 Å². The van der Waals surface area contributed by atoms with Gasteiger partial charge in [0.05, 0.1) is 6.10 Å². The second-order valence-corrected chi connectivity index (χ2v) is 3.13. The molecule has 0 N–H and O–H groups in total. The quantitative estimate of drug-likeness (QED) is 0.484. The van der Waals surface area contributed by atoms with E-state index in [0.29, 0.717) is 6.61 Å². The van der Waals surface area contributed by atoms with Gasteiger partial charge in [0, 0.05) is 6.92 Å². The molecule has 13 heavy (non-hydrogen) atoms. The van der Waals surface area contributed by atoms with Crippen molar-refractivity contribution in [1.29, 1.82) is 0 Å². The Morgan fingerprint density at radius 1 is 1.54 bits per heavy atom. The van der Waals surface area contributed by atoms with E-state index >= 15 is 0 Å². The second-order valence-electron chi connectivity index (χ2n) is 3.13. The molecule has 0 aromatic carbocycles. The average Bonchev–Trinajstić information content (AvgIpc) is 2.48. The van der Waals surface area contributed by atoms with Gasteiger partial charge in [-0.05, 0) is 19.3 Å². The summed E-state index contributed by atoms with van der Waals surface area (Å²) in [5.41, 5.74) is 0. The molecule has 1 fully saturated rings. The molecule has 0 amide bonds. The molecule has 72 valence electrons. The Hall–Kier alpha value is -1.01. The van der Waals surface area contributed by atoms with Crippen molar-refractivity contribution in [2.45, 2.75) is 38.4 Å². The third-order valence-electron chi connectivity index (χ3n) is 2.09. The summed E-state index contributed by atoms with van der Waals surface area (Å²) >= 11 is 0. The number of rotatable bonds is 3. The minimum absolute atomic E-state index is 0.0000463. The van der Waals surface area contributed by atoms with Crippen LogP contribution in [0.1, 0.15) is 26.2 Å². The molecule has 3 heteroatoms. The monoisotopic (exact) mass is 182 g/mol. The number of hydrogen-bond acceptors (Lipinski definition) is 3. The van der Waals surface area contributed by atoms with Gasteiger partial charge in [0.1, 0.15) is 12.7 Å². The molecular weight excluding hydrogens is 168 g/mol. The van der Waals surface area contributed by atoms with Crippen molar-refractivity contribution in [3.05, 3.63) is 0 Å². The largest absolute Gasteiger partial charge is 0.460 e. The van der Waals surface area contributed by atoms with Gasteiger partial charge in [-0.2, -0.15) is 0 Å². The SMILES string of the molecule is C#CCO[C@H]1CCC[C@@H]1OC(C)=O. The van der Waals surface area contributed by atoms with Gasteiger partial charge >= 0.3 is 5.97 Å². The van der Waals surface area contributed by atoms with Crippen LogP contribution in [0.5, 0.6) is 0 Å². The van der Waals surface area contributed by atoms with Crippen LogP contribution >= 0.6 is 0 Å². The van der Waals surface area contributed by atoms with Crippen LogP contribution in [-0.2, 0) is 14.3 Å². The van der Waals surface area contributed by atoms with Crippen LogP contribution in [0.3, 0.4) is 0 Å². The Labute approximate surface area is 78.4 Å². The molecular formula is C10H14O3. The molecule has 0 heterocycles. The molecule has 0 radical (unpaired) electrons. The van der Waals surface area contributed by atoms with Crippen LogP contribution < -0.4 is 0 Å². The van der Waals surface area contributed by atoms with Crippen molar-refractivity contribution in [2.75, 3.05) is 6.61 Å². The first-order valence-electron chi connectivity index (χ1n) is 4.46. The van der Waals surface area contributed by atoms with Gasteiger partial charge in [-0.3, -0.25) is 4.79 Å². The molecule has 0 aromatic heterocycles. The lowest BCUT2D eigenvalue weighted by molar-refractivity contribution is -0.152. The third-order valence-corrected chi connectivity index (χ3v) is 2.09. The molecule has 0 aromatic rings. The zero-order valence-electron chi connectivity index (χ0n) is 7.79. The van der Waals surface area contributed by atoms with E-state index in [-0.39, 0.29) is 18.2 Å². The molecule has 1 aliphatic rings. The Morgan fingerprint density at radius 2 is 2.23 bits per heavy atom. The molecule has 1 saturated carbocycles. The zero-order valence-corrected chi connectivity index (χ0v) is 7.79. The fourth-order valence-electron chi connectivity index (χ4n) is 1.59. The van der Waals surface area contributed by atoms with Crippen LogP contribution in [0.4, 0.5) is 0 Å². The van der Waals surface area contributed by atoms with E-state index in [4.69, 9.17) is 15.9 Å². The van der Waals surface area contributed by atoms with Gasteiger partial charge in [0.2, 0.25) is 0 Å². The summed E-state index contributed by atoms with van der Waals surface area (Å²) in [6.45, 7) is 1.71. The van der Waals surface area contributed by atoms with Gasteiger partial charge < -0.3 is 9.47 Å². The molecule has 0 spiro atoms. The summed E-state index contributed by atoms with van der Waals surface area (Å²) in [5, 5.41) is 0. The van der Waals surface area contributed by atoms with Crippen LogP contribution in [0, 0.1) is 12.3 Å². The van der Waals surface area contributed by atoms with E-state index in [0.717, 1.165) is 19.3 Å². The maximum atomic E-state index is 10.7. The first kappa shape index (κ1) is 10.1. The average molecular weight is 182 g/mol. The number of hydrogen-bond donors (Lipinski definition) is 0. The Bertz CT molecular complexity index is 217. The summed E-state index contributed by atoms with van der Waals surface area (Å²) in [6, 6.07) is 0. The van der Waals surface area contributed by atoms with Crippen LogP contribution in [0.15, 0.2) is 0 Å². The zero-order chi connectivity index (χ0) is 9.68. The molecule has 0 bridgehead atoms. The van der Waals surface area contributed by atoms with Crippen LogP contribution in [-0.4, -0.2) is 24.8 Å². The Balaban J connectivity index is 2.35. The first-order valence-corrected chi connectivity index (χ1v) is 4.46. The summed E-state index contributed by atoms with van der Waals surface area (Å²) in [7, 11) is 0. The number of carbonyl (C=O) groups is 1.